The van der Waals surface area contributed by atoms with Gasteiger partial charge in [-0.2, -0.15) is 5.26 Å². The average Bonchev–Trinajstić information content (AvgIpc) is 2.58. The van der Waals surface area contributed by atoms with Crippen molar-refractivity contribution in [2.24, 2.45) is 4.99 Å². The van der Waals surface area contributed by atoms with Crippen molar-refractivity contribution in [2.45, 2.75) is 19.3 Å². The molecule has 0 spiro atoms. The minimum atomic E-state index is -0.245. The van der Waals surface area contributed by atoms with E-state index in [1.807, 2.05) is 36.4 Å². The van der Waals surface area contributed by atoms with Crippen LogP contribution in [0, 0.1) is 11.3 Å². The van der Waals surface area contributed by atoms with Crippen molar-refractivity contribution in [3.8, 4) is 6.07 Å². The van der Waals surface area contributed by atoms with Crippen LogP contribution in [0.4, 0.5) is 5.69 Å². The summed E-state index contributed by atoms with van der Waals surface area (Å²) in [6.45, 7) is 1.92. The first-order chi connectivity index (χ1) is 10.8. The predicted molar refractivity (Wildman–Crippen MR) is 102 cm³/mol. The van der Waals surface area contributed by atoms with Gasteiger partial charge in [0.15, 0.2) is 5.96 Å². The lowest BCUT2D eigenvalue weighted by molar-refractivity contribution is -0.119. The molecule has 1 fully saturated rings. The number of anilines is 1. The van der Waals surface area contributed by atoms with Crippen LogP contribution in [0.3, 0.4) is 0 Å². The topological polar surface area (TPSA) is 80.5 Å². The third-order valence-corrected chi connectivity index (χ3v) is 3.42. The minimum Gasteiger partial charge on any atom is -0.343 e. The van der Waals surface area contributed by atoms with Crippen LogP contribution in [0.2, 0.25) is 0 Å². The van der Waals surface area contributed by atoms with Gasteiger partial charge in [0.1, 0.15) is 13.1 Å². The van der Waals surface area contributed by atoms with E-state index in [1.54, 1.807) is 0 Å². The molecule has 1 amide bonds. The van der Waals surface area contributed by atoms with Crippen molar-refractivity contribution in [1.29, 1.82) is 5.26 Å². The van der Waals surface area contributed by atoms with Crippen LogP contribution in [0.15, 0.2) is 35.3 Å². The van der Waals surface area contributed by atoms with Crippen molar-refractivity contribution in [2.75, 3.05) is 31.5 Å². The molecule has 0 unspecified atom stereocenters. The Morgan fingerprint density at radius 3 is 2.57 bits per heavy atom. The number of guanidine groups is 1. The van der Waals surface area contributed by atoms with Crippen LogP contribution >= 0.6 is 24.0 Å². The second kappa shape index (κ2) is 10.8. The number of piperidine rings is 1. The average molecular weight is 427 g/mol. The smallest absolute Gasteiger partial charge is 0.242 e. The van der Waals surface area contributed by atoms with Crippen molar-refractivity contribution >= 4 is 41.5 Å². The molecule has 6 nitrogen and oxygen atoms in total. The number of amides is 1. The van der Waals surface area contributed by atoms with Gasteiger partial charge in [-0.3, -0.25) is 4.79 Å². The van der Waals surface area contributed by atoms with E-state index >= 15 is 0 Å². The number of halogens is 1. The number of nitriles is 1. The molecule has 1 saturated heterocycles. The van der Waals surface area contributed by atoms with E-state index in [4.69, 9.17) is 5.26 Å². The number of rotatable bonds is 4. The van der Waals surface area contributed by atoms with Crippen molar-refractivity contribution in [3.05, 3.63) is 30.3 Å². The molecule has 23 heavy (non-hydrogen) atoms. The number of benzene rings is 1. The fraction of sp³-hybridized carbons (Fsp3) is 0.438. The fourth-order valence-corrected chi connectivity index (χ4v) is 2.32. The van der Waals surface area contributed by atoms with Gasteiger partial charge in [0.2, 0.25) is 5.91 Å². The highest BCUT2D eigenvalue weighted by Crippen LogP contribution is 2.12. The van der Waals surface area contributed by atoms with E-state index < -0.39 is 0 Å². The zero-order valence-electron chi connectivity index (χ0n) is 13.0. The molecule has 0 bridgehead atoms. The Bertz CT molecular complexity index is 549. The van der Waals surface area contributed by atoms with E-state index in [0.717, 1.165) is 37.6 Å². The Balaban J connectivity index is 0.00000264. The maximum atomic E-state index is 11.6. The van der Waals surface area contributed by atoms with Crippen molar-refractivity contribution in [3.63, 3.8) is 0 Å². The molecule has 2 N–H and O–H groups in total. The van der Waals surface area contributed by atoms with Crippen LogP contribution in [0.1, 0.15) is 19.3 Å². The number of hydrogen-bond donors (Lipinski definition) is 2. The molecule has 0 saturated carbocycles. The van der Waals surface area contributed by atoms with E-state index in [0.29, 0.717) is 0 Å². The Morgan fingerprint density at radius 1 is 1.22 bits per heavy atom. The van der Waals surface area contributed by atoms with Gasteiger partial charge in [-0.05, 0) is 31.4 Å². The number of carbonyl (C=O) groups excluding carboxylic acids is 1. The summed E-state index contributed by atoms with van der Waals surface area (Å²) in [5, 5.41) is 14.3. The van der Waals surface area contributed by atoms with E-state index in [2.05, 4.69) is 20.5 Å². The third kappa shape index (κ3) is 6.86. The molecule has 1 aromatic rings. The first-order valence-electron chi connectivity index (χ1n) is 7.54. The maximum Gasteiger partial charge on any atom is 0.242 e. The van der Waals surface area contributed by atoms with Gasteiger partial charge in [0.05, 0.1) is 6.07 Å². The number of para-hydroxylation sites is 1. The van der Waals surface area contributed by atoms with Crippen LogP contribution < -0.4 is 10.6 Å². The second-order valence-corrected chi connectivity index (χ2v) is 5.11. The number of aliphatic imine (C=N–C) groups is 1. The standard InChI is InChI=1S/C16H21N5O.HI/c17-9-10-18-15(22)13-19-16(21-11-5-2-6-12-21)20-14-7-3-1-4-8-14;/h1,3-4,7-8H,2,5-6,10-13H2,(H,18,22)(H,19,20);1H. The quantitative estimate of drug-likeness (QED) is 0.334. The highest BCUT2D eigenvalue weighted by Gasteiger charge is 2.15. The molecule has 7 heteroatoms. The van der Waals surface area contributed by atoms with Gasteiger partial charge in [0, 0.05) is 18.8 Å². The monoisotopic (exact) mass is 427 g/mol. The Hall–Kier alpha value is -1.82. The first-order valence-corrected chi connectivity index (χ1v) is 7.54. The molecule has 1 heterocycles. The number of nitrogens with zero attached hydrogens (tertiary/aromatic N) is 3. The Morgan fingerprint density at radius 2 is 1.91 bits per heavy atom. The molecule has 0 aromatic heterocycles. The molecule has 1 aliphatic rings. The van der Waals surface area contributed by atoms with Gasteiger partial charge in [-0.1, -0.05) is 18.2 Å². The summed E-state index contributed by atoms with van der Waals surface area (Å²) < 4.78 is 0. The summed E-state index contributed by atoms with van der Waals surface area (Å²) in [7, 11) is 0. The maximum absolute atomic E-state index is 11.6. The summed E-state index contributed by atoms with van der Waals surface area (Å²) in [4.78, 5) is 18.2. The Kier molecular flexibility index (Phi) is 9.05. The van der Waals surface area contributed by atoms with Crippen molar-refractivity contribution < 1.29 is 4.79 Å². The molecule has 0 atom stereocenters. The predicted octanol–water partition coefficient (Wildman–Crippen LogP) is 2.20. The third-order valence-electron chi connectivity index (χ3n) is 3.42. The normalized spacial score (nSPS) is 14.4. The second-order valence-electron chi connectivity index (χ2n) is 5.11. The van der Waals surface area contributed by atoms with E-state index in [1.165, 1.54) is 6.42 Å². The molecule has 0 aliphatic carbocycles. The molecule has 0 radical (unpaired) electrons. The highest BCUT2D eigenvalue weighted by molar-refractivity contribution is 14.0. The summed E-state index contributed by atoms with van der Waals surface area (Å²) in [5.41, 5.74) is 0.948. The summed E-state index contributed by atoms with van der Waals surface area (Å²) >= 11 is 0. The molecule has 1 aromatic carbocycles. The fourth-order valence-electron chi connectivity index (χ4n) is 2.32. The lowest BCUT2D eigenvalue weighted by atomic mass is 10.1. The lowest BCUT2D eigenvalue weighted by Gasteiger charge is -2.30. The van der Waals surface area contributed by atoms with Gasteiger partial charge in [0.25, 0.3) is 0 Å². The zero-order valence-corrected chi connectivity index (χ0v) is 15.3. The molecular weight excluding hydrogens is 405 g/mol. The highest BCUT2D eigenvalue weighted by atomic mass is 127. The van der Waals surface area contributed by atoms with Gasteiger partial charge < -0.3 is 15.5 Å². The van der Waals surface area contributed by atoms with Gasteiger partial charge >= 0.3 is 0 Å². The summed E-state index contributed by atoms with van der Waals surface area (Å²) in [5.74, 6) is 0.476. The lowest BCUT2D eigenvalue weighted by Crippen LogP contribution is -2.41. The van der Waals surface area contributed by atoms with Crippen molar-refractivity contribution in [1.82, 2.24) is 10.2 Å². The van der Waals surface area contributed by atoms with Gasteiger partial charge in [-0.25, -0.2) is 4.99 Å². The van der Waals surface area contributed by atoms with Crippen LogP contribution in [0.25, 0.3) is 0 Å². The number of carbonyl (C=O) groups is 1. The molecule has 2 rings (SSSR count). The van der Waals surface area contributed by atoms with Crippen LogP contribution in [-0.4, -0.2) is 42.9 Å². The largest absolute Gasteiger partial charge is 0.343 e. The number of nitrogens with one attached hydrogen (secondary N) is 2. The molecular formula is C16H22IN5O. The SMILES string of the molecule is I.N#CCNC(=O)CN=C(Nc1ccccc1)N1CCCCC1. The summed E-state index contributed by atoms with van der Waals surface area (Å²) in [6.07, 6.45) is 3.50. The number of likely N-dealkylation sites (tertiary alicyclic amines) is 1. The van der Waals surface area contributed by atoms with Gasteiger partial charge in [-0.15, -0.1) is 24.0 Å². The first kappa shape index (κ1) is 19.2. The minimum absolute atomic E-state index is 0. The van der Waals surface area contributed by atoms with Crippen LogP contribution in [0.5, 0.6) is 0 Å². The summed E-state index contributed by atoms with van der Waals surface area (Å²) in [6, 6.07) is 11.7. The van der Waals surface area contributed by atoms with E-state index in [-0.39, 0.29) is 43.0 Å². The zero-order chi connectivity index (χ0) is 15.6. The Labute approximate surface area is 154 Å². The number of hydrogen-bond acceptors (Lipinski definition) is 3. The van der Waals surface area contributed by atoms with Crippen LogP contribution in [-0.2, 0) is 4.79 Å². The molecule has 1 aliphatic heterocycles. The van der Waals surface area contributed by atoms with E-state index in [9.17, 15) is 4.79 Å². The molecule has 124 valence electrons.